The molecular weight excluding hydrogens is 317 g/mol. The molecule has 24 heavy (non-hydrogen) atoms. The molecule has 3 aromatic rings. The summed E-state index contributed by atoms with van der Waals surface area (Å²) in [5.74, 6) is -0.124. The molecule has 0 saturated heterocycles. The third kappa shape index (κ3) is 3.37. The smallest absolute Gasteiger partial charge is 0.416 e. The highest BCUT2D eigenvalue weighted by Crippen LogP contribution is 2.36. The fourth-order valence-corrected chi connectivity index (χ4v) is 2.42. The van der Waals surface area contributed by atoms with Crippen molar-refractivity contribution in [3.8, 4) is 16.9 Å². The van der Waals surface area contributed by atoms with Gasteiger partial charge in [-0.25, -0.2) is 0 Å². The van der Waals surface area contributed by atoms with Gasteiger partial charge in [-0.05, 0) is 35.4 Å². The molecule has 122 valence electrons. The molecule has 0 fully saturated rings. The summed E-state index contributed by atoms with van der Waals surface area (Å²) in [6.07, 6.45) is 0.665. The Hall–Kier alpha value is -2.89. The van der Waals surface area contributed by atoms with Crippen LogP contribution in [0.25, 0.3) is 11.1 Å². The number of rotatable bonds is 3. The van der Waals surface area contributed by atoms with E-state index in [0.29, 0.717) is 17.7 Å². The minimum atomic E-state index is -4.43. The lowest BCUT2D eigenvalue weighted by molar-refractivity contribution is -0.137. The fraction of sp³-hybridized carbons (Fsp3) is 0.111. The summed E-state index contributed by atoms with van der Waals surface area (Å²) in [6.45, 7) is 0. The minimum absolute atomic E-state index is 0.124. The maximum Gasteiger partial charge on any atom is 0.416 e. The Kier molecular flexibility index (Phi) is 4.20. The number of hydrogen-bond donors (Lipinski definition) is 1. The van der Waals surface area contributed by atoms with Gasteiger partial charge in [0.25, 0.3) is 0 Å². The number of aromatic hydroxyl groups is 1. The molecule has 0 aliphatic carbocycles. The zero-order valence-electron chi connectivity index (χ0n) is 12.5. The third-order valence-electron chi connectivity index (χ3n) is 3.60. The molecule has 0 spiro atoms. The lowest BCUT2D eigenvalue weighted by atomic mass is 10.0. The molecule has 0 unspecified atom stereocenters. The predicted molar refractivity (Wildman–Crippen MR) is 83.4 cm³/mol. The van der Waals surface area contributed by atoms with E-state index < -0.39 is 11.7 Å². The van der Waals surface area contributed by atoms with Gasteiger partial charge >= 0.3 is 6.18 Å². The van der Waals surface area contributed by atoms with Gasteiger partial charge < -0.3 is 5.11 Å². The van der Waals surface area contributed by atoms with Gasteiger partial charge in [-0.3, -0.25) is 9.97 Å². The number of halogens is 3. The first-order chi connectivity index (χ1) is 11.4. The van der Waals surface area contributed by atoms with Crippen LogP contribution in [-0.2, 0) is 12.6 Å². The second kappa shape index (κ2) is 6.31. The summed E-state index contributed by atoms with van der Waals surface area (Å²) in [4.78, 5) is 8.13. The molecule has 1 N–H and O–H groups in total. The van der Waals surface area contributed by atoms with Gasteiger partial charge in [-0.2, -0.15) is 13.2 Å². The van der Waals surface area contributed by atoms with Crippen LogP contribution in [0.2, 0.25) is 0 Å². The molecule has 3 rings (SSSR count). The van der Waals surface area contributed by atoms with E-state index in [1.807, 2.05) is 6.07 Å². The van der Waals surface area contributed by atoms with E-state index in [0.717, 1.165) is 17.7 Å². The van der Waals surface area contributed by atoms with E-state index in [1.165, 1.54) is 24.4 Å². The average Bonchev–Trinajstić information content (AvgIpc) is 2.57. The highest BCUT2D eigenvalue weighted by molar-refractivity contribution is 5.71. The largest absolute Gasteiger partial charge is 0.505 e. The van der Waals surface area contributed by atoms with Crippen molar-refractivity contribution in [3.05, 3.63) is 77.9 Å². The van der Waals surface area contributed by atoms with Crippen LogP contribution in [0.15, 0.2) is 61.1 Å². The predicted octanol–water partition coefficient (Wildman–Crippen LogP) is 4.46. The van der Waals surface area contributed by atoms with Gasteiger partial charge in [0.15, 0.2) is 0 Å². The first-order valence-electron chi connectivity index (χ1n) is 7.18. The third-order valence-corrected chi connectivity index (χ3v) is 3.60. The summed E-state index contributed by atoms with van der Waals surface area (Å²) in [5.41, 5.74) is 1.08. The molecule has 0 bridgehead atoms. The lowest BCUT2D eigenvalue weighted by Gasteiger charge is -2.12. The molecule has 0 aliphatic heterocycles. The Balaban J connectivity index is 2.00. The van der Waals surface area contributed by atoms with Crippen molar-refractivity contribution in [2.45, 2.75) is 12.6 Å². The monoisotopic (exact) mass is 330 g/mol. The summed E-state index contributed by atoms with van der Waals surface area (Å²) >= 11 is 0. The van der Waals surface area contributed by atoms with Crippen molar-refractivity contribution in [1.82, 2.24) is 9.97 Å². The fourth-order valence-electron chi connectivity index (χ4n) is 2.42. The Morgan fingerprint density at radius 2 is 1.83 bits per heavy atom. The molecule has 2 heterocycles. The van der Waals surface area contributed by atoms with Crippen LogP contribution in [0.3, 0.4) is 0 Å². The molecule has 0 saturated carbocycles. The van der Waals surface area contributed by atoms with Crippen molar-refractivity contribution < 1.29 is 18.3 Å². The number of nitrogens with zero attached hydrogens (tertiary/aromatic N) is 2. The highest BCUT2D eigenvalue weighted by atomic mass is 19.4. The average molecular weight is 330 g/mol. The molecule has 0 amide bonds. The van der Waals surface area contributed by atoms with Crippen LogP contribution < -0.4 is 0 Å². The Labute approximate surface area is 136 Å². The second-order valence-electron chi connectivity index (χ2n) is 5.27. The molecular formula is C18H13F3N2O. The zero-order valence-corrected chi connectivity index (χ0v) is 12.5. The Morgan fingerprint density at radius 3 is 2.54 bits per heavy atom. The topological polar surface area (TPSA) is 46.0 Å². The van der Waals surface area contributed by atoms with Crippen molar-refractivity contribution in [2.75, 3.05) is 0 Å². The van der Waals surface area contributed by atoms with E-state index in [-0.39, 0.29) is 11.3 Å². The van der Waals surface area contributed by atoms with Crippen molar-refractivity contribution in [1.29, 1.82) is 0 Å². The minimum Gasteiger partial charge on any atom is -0.505 e. The Morgan fingerprint density at radius 1 is 1.00 bits per heavy atom. The van der Waals surface area contributed by atoms with Crippen LogP contribution in [0.5, 0.6) is 5.75 Å². The first kappa shape index (κ1) is 16.0. The molecule has 3 nitrogen and oxygen atoms in total. The second-order valence-corrected chi connectivity index (χ2v) is 5.27. The Bertz CT molecular complexity index is 848. The van der Waals surface area contributed by atoms with Crippen LogP contribution >= 0.6 is 0 Å². The molecule has 1 aromatic carbocycles. The van der Waals surface area contributed by atoms with E-state index in [4.69, 9.17) is 0 Å². The van der Waals surface area contributed by atoms with Crippen molar-refractivity contribution in [3.63, 3.8) is 0 Å². The standard InChI is InChI=1S/C18H13F3N2O/c19-18(20,21)14-5-1-4-13(10-14)15-6-8-23-16(17(15)24)9-12-3-2-7-22-11-12/h1-8,10-11,24H,9H2. The number of hydrogen-bond acceptors (Lipinski definition) is 3. The van der Waals surface area contributed by atoms with Crippen LogP contribution in [-0.4, -0.2) is 15.1 Å². The van der Waals surface area contributed by atoms with Crippen LogP contribution in [0, 0.1) is 0 Å². The quantitative estimate of drug-likeness (QED) is 0.771. The van der Waals surface area contributed by atoms with E-state index in [9.17, 15) is 18.3 Å². The van der Waals surface area contributed by atoms with Gasteiger partial charge in [0.2, 0.25) is 0 Å². The normalized spacial score (nSPS) is 11.5. The summed E-state index contributed by atoms with van der Waals surface area (Å²) < 4.78 is 38.6. The van der Waals surface area contributed by atoms with Crippen LogP contribution in [0.4, 0.5) is 13.2 Å². The first-order valence-corrected chi connectivity index (χ1v) is 7.18. The van der Waals surface area contributed by atoms with Crippen molar-refractivity contribution >= 4 is 0 Å². The number of aromatic nitrogens is 2. The zero-order chi connectivity index (χ0) is 17.2. The van der Waals surface area contributed by atoms with Crippen molar-refractivity contribution in [2.24, 2.45) is 0 Å². The van der Waals surface area contributed by atoms with Crippen LogP contribution in [0.1, 0.15) is 16.8 Å². The van der Waals surface area contributed by atoms with E-state index in [1.54, 1.807) is 18.5 Å². The molecule has 6 heteroatoms. The van der Waals surface area contributed by atoms with Gasteiger partial charge in [-0.15, -0.1) is 0 Å². The van der Waals surface area contributed by atoms with Gasteiger partial charge in [0.1, 0.15) is 5.75 Å². The number of pyridine rings is 2. The maximum absolute atomic E-state index is 12.9. The maximum atomic E-state index is 12.9. The summed E-state index contributed by atoms with van der Waals surface area (Å²) in [6, 6.07) is 9.96. The molecule has 0 atom stereocenters. The van der Waals surface area contributed by atoms with Gasteiger partial charge in [0, 0.05) is 30.6 Å². The lowest BCUT2D eigenvalue weighted by Crippen LogP contribution is -2.04. The number of benzene rings is 1. The summed E-state index contributed by atoms with van der Waals surface area (Å²) in [7, 11) is 0. The highest BCUT2D eigenvalue weighted by Gasteiger charge is 2.30. The summed E-state index contributed by atoms with van der Waals surface area (Å²) in [5, 5.41) is 10.4. The SMILES string of the molecule is Oc1c(-c2cccc(C(F)(F)F)c2)ccnc1Cc1cccnc1. The van der Waals surface area contributed by atoms with Gasteiger partial charge in [0.05, 0.1) is 11.3 Å². The van der Waals surface area contributed by atoms with E-state index >= 15 is 0 Å². The number of alkyl halides is 3. The molecule has 0 aliphatic rings. The molecule has 2 aromatic heterocycles. The molecule has 0 radical (unpaired) electrons. The van der Waals surface area contributed by atoms with Gasteiger partial charge in [-0.1, -0.05) is 18.2 Å². The van der Waals surface area contributed by atoms with E-state index in [2.05, 4.69) is 9.97 Å².